The number of fused-ring (bicyclic) bond motifs is 1. The number of carbonyl (C=O) groups excluding carboxylic acids is 1. The van der Waals surface area contributed by atoms with E-state index in [-0.39, 0.29) is 17.6 Å². The molecule has 2 aromatic rings. The van der Waals surface area contributed by atoms with Gasteiger partial charge in [-0.25, -0.2) is 0 Å². The van der Waals surface area contributed by atoms with Crippen molar-refractivity contribution in [3.63, 3.8) is 0 Å². The molecule has 2 fully saturated rings. The number of carbonyl (C=O) groups is 1. The van der Waals surface area contributed by atoms with Crippen LogP contribution in [0.4, 0.5) is 11.6 Å². The first kappa shape index (κ1) is 20.2. The lowest BCUT2D eigenvalue weighted by Gasteiger charge is -2.30. The summed E-state index contributed by atoms with van der Waals surface area (Å²) < 4.78 is 5.88. The smallest absolute Gasteiger partial charge is 0.320 e. The number of nitrogens with zero attached hydrogens (tertiary/aromatic N) is 4. The molecule has 1 aromatic heterocycles. The second-order valence-corrected chi connectivity index (χ2v) is 9.67. The summed E-state index contributed by atoms with van der Waals surface area (Å²) in [6, 6.07) is 8.95. The lowest BCUT2D eigenvalue weighted by molar-refractivity contribution is -0.117. The number of nitrogens with two attached hydrogens (primary N) is 1. The van der Waals surface area contributed by atoms with Crippen LogP contribution in [0.1, 0.15) is 49.3 Å². The average Bonchev–Trinajstić information content (AvgIpc) is 3.25. The number of hydrogen-bond acceptors (Lipinski definition) is 7. The fourth-order valence-corrected chi connectivity index (χ4v) is 4.48. The maximum Gasteiger partial charge on any atom is 0.320 e. The normalized spacial score (nSPS) is 20.0. The van der Waals surface area contributed by atoms with E-state index in [4.69, 9.17) is 10.5 Å². The number of ketones is 1. The number of anilines is 2. The van der Waals surface area contributed by atoms with Gasteiger partial charge in [0.1, 0.15) is 11.6 Å². The van der Waals surface area contributed by atoms with E-state index in [1.54, 1.807) is 0 Å². The van der Waals surface area contributed by atoms with Gasteiger partial charge in [0.05, 0.1) is 13.2 Å². The van der Waals surface area contributed by atoms with Gasteiger partial charge < -0.3 is 15.4 Å². The molecular formula is C24H31N5O2. The van der Waals surface area contributed by atoms with Crippen molar-refractivity contribution in [3.8, 4) is 6.01 Å². The van der Waals surface area contributed by atoms with Gasteiger partial charge in [0, 0.05) is 30.5 Å². The zero-order chi connectivity index (χ0) is 21.4. The number of likely N-dealkylation sites (tertiary alicyclic amines) is 1. The van der Waals surface area contributed by atoms with Gasteiger partial charge in [0.25, 0.3) is 0 Å². The summed E-state index contributed by atoms with van der Waals surface area (Å²) in [5, 5.41) is 0. The van der Waals surface area contributed by atoms with Crippen LogP contribution in [-0.2, 0) is 24.3 Å². The molecule has 5 rings (SSSR count). The average molecular weight is 422 g/mol. The van der Waals surface area contributed by atoms with Gasteiger partial charge in [0.2, 0.25) is 0 Å². The number of hydrogen-bond donors (Lipinski definition) is 1. The molecule has 2 aliphatic heterocycles. The SMILES string of the molecule is CC1(COc2nc(N)c3c(n2)N(Cc2cccc(CN4CCCC4)c2)CC(=O)C3)CC1. The van der Waals surface area contributed by atoms with Crippen LogP contribution < -0.4 is 15.4 Å². The Hall–Kier alpha value is -2.67. The van der Waals surface area contributed by atoms with Gasteiger partial charge in [-0.1, -0.05) is 31.2 Å². The Labute approximate surface area is 183 Å². The fourth-order valence-electron chi connectivity index (χ4n) is 4.48. The summed E-state index contributed by atoms with van der Waals surface area (Å²) in [6.45, 7) is 7.08. The van der Waals surface area contributed by atoms with Gasteiger partial charge in [-0.15, -0.1) is 0 Å². The largest absolute Gasteiger partial charge is 0.463 e. The molecule has 0 unspecified atom stereocenters. The molecular weight excluding hydrogens is 390 g/mol. The van der Waals surface area contributed by atoms with E-state index in [1.807, 2.05) is 4.90 Å². The van der Waals surface area contributed by atoms with Crippen molar-refractivity contribution in [2.75, 3.05) is 36.9 Å². The molecule has 0 bridgehead atoms. The molecule has 31 heavy (non-hydrogen) atoms. The lowest BCUT2D eigenvalue weighted by atomic mass is 10.0. The zero-order valence-electron chi connectivity index (χ0n) is 18.3. The van der Waals surface area contributed by atoms with Crippen LogP contribution in [0.15, 0.2) is 24.3 Å². The highest BCUT2D eigenvalue weighted by atomic mass is 16.5. The Kier molecular flexibility index (Phi) is 5.30. The summed E-state index contributed by atoms with van der Waals surface area (Å²) in [5.74, 6) is 1.21. The van der Waals surface area contributed by atoms with Gasteiger partial charge in [0.15, 0.2) is 5.78 Å². The van der Waals surface area contributed by atoms with E-state index in [1.165, 1.54) is 49.9 Å². The molecule has 0 radical (unpaired) electrons. The topological polar surface area (TPSA) is 84.6 Å². The van der Waals surface area contributed by atoms with Crippen LogP contribution in [0, 0.1) is 5.41 Å². The van der Waals surface area contributed by atoms with Gasteiger partial charge in [-0.3, -0.25) is 9.69 Å². The highest BCUT2D eigenvalue weighted by molar-refractivity contribution is 5.91. The Morgan fingerprint density at radius 2 is 1.87 bits per heavy atom. The molecule has 0 amide bonds. The predicted octanol–water partition coefficient (Wildman–Crippen LogP) is 2.97. The molecule has 0 atom stereocenters. The first-order valence-corrected chi connectivity index (χ1v) is 11.3. The van der Waals surface area contributed by atoms with E-state index in [0.29, 0.717) is 31.5 Å². The second-order valence-electron chi connectivity index (χ2n) is 9.67. The first-order chi connectivity index (χ1) is 15.0. The summed E-state index contributed by atoms with van der Waals surface area (Å²) in [6.07, 6.45) is 5.20. The molecule has 1 aliphatic carbocycles. The minimum absolute atomic E-state index is 0.134. The van der Waals surface area contributed by atoms with Gasteiger partial charge >= 0.3 is 6.01 Å². The Morgan fingerprint density at radius 3 is 2.61 bits per heavy atom. The summed E-state index contributed by atoms with van der Waals surface area (Å²) >= 11 is 0. The molecule has 7 heteroatoms. The highest BCUT2D eigenvalue weighted by Gasteiger charge is 2.38. The Bertz CT molecular complexity index is 982. The second kappa shape index (κ2) is 8.11. The van der Waals surface area contributed by atoms with Crippen LogP contribution >= 0.6 is 0 Å². The van der Waals surface area contributed by atoms with Crippen LogP contribution in [0.3, 0.4) is 0 Å². The summed E-state index contributed by atoms with van der Waals surface area (Å²) in [4.78, 5) is 25.9. The van der Waals surface area contributed by atoms with Crippen LogP contribution in [0.5, 0.6) is 6.01 Å². The molecule has 3 aliphatic rings. The van der Waals surface area contributed by atoms with Crippen LogP contribution in [0.2, 0.25) is 0 Å². The first-order valence-electron chi connectivity index (χ1n) is 11.3. The number of ether oxygens (including phenoxy) is 1. The van der Waals surface area contributed by atoms with Crippen molar-refractivity contribution in [3.05, 3.63) is 41.0 Å². The Morgan fingerprint density at radius 1 is 1.13 bits per heavy atom. The van der Waals surface area contributed by atoms with Crippen LogP contribution in [-0.4, -0.2) is 46.9 Å². The minimum atomic E-state index is 0.134. The van der Waals surface area contributed by atoms with Gasteiger partial charge in [-0.2, -0.15) is 9.97 Å². The third-order valence-electron chi connectivity index (χ3n) is 6.66. The molecule has 1 aromatic carbocycles. The molecule has 1 saturated carbocycles. The zero-order valence-corrected chi connectivity index (χ0v) is 18.3. The predicted molar refractivity (Wildman–Crippen MR) is 120 cm³/mol. The number of rotatable bonds is 7. The monoisotopic (exact) mass is 421 g/mol. The summed E-state index contributed by atoms with van der Waals surface area (Å²) in [5.41, 5.74) is 9.65. The highest BCUT2D eigenvalue weighted by Crippen LogP contribution is 2.45. The van der Waals surface area contributed by atoms with E-state index in [9.17, 15) is 4.79 Å². The van der Waals surface area contributed by atoms with E-state index in [2.05, 4.69) is 46.1 Å². The molecule has 7 nitrogen and oxygen atoms in total. The van der Waals surface area contributed by atoms with Crippen molar-refractivity contribution in [1.82, 2.24) is 14.9 Å². The van der Waals surface area contributed by atoms with E-state index >= 15 is 0 Å². The Balaban J connectivity index is 1.36. The minimum Gasteiger partial charge on any atom is -0.463 e. The summed E-state index contributed by atoms with van der Waals surface area (Å²) in [7, 11) is 0. The molecule has 0 spiro atoms. The van der Waals surface area contributed by atoms with Crippen LogP contribution in [0.25, 0.3) is 0 Å². The number of aromatic nitrogens is 2. The molecule has 3 heterocycles. The molecule has 164 valence electrons. The number of benzene rings is 1. The maximum absolute atomic E-state index is 12.4. The van der Waals surface area contributed by atoms with Crippen molar-refractivity contribution in [2.45, 2.75) is 52.1 Å². The maximum atomic E-state index is 12.4. The van der Waals surface area contributed by atoms with Crippen molar-refractivity contribution >= 4 is 17.4 Å². The van der Waals surface area contributed by atoms with Gasteiger partial charge in [-0.05, 0) is 49.9 Å². The van der Waals surface area contributed by atoms with Crippen molar-refractivity contribution < 1.29 is 9.53 Å². The standard InChI is InChI=1S/C24H31N5O2/c1-24(7-8-24)16-31-23-26-21(25)20-12-19(30)15-29(22(20)27-23)14-18-6-4-5-17(11-18)13-28-9-2-3-10-28/h4-6,11H,2-3,7-10,12-16H2,1H3,(H2,25,26,27). The third-order valence-corrected chi connectivity index (χ3v) is 6.66. The van der Waals surface area contributed by atoms with Crippen molar-refractivity contribution in [2.24, 2.45) is 5.41 Å². The molecule has 2 N–H and O–H groups in total. The number of Topliss-reactive ketones (excluding diaryl/α,β-unsaturated/α-hetero) is 1. The lowest BCUT2D eigenvalue weighted by Crippen LogP contribution is -2.37. The molecule has 1 saturated heterocycles. The fraction of sp³-hybridized carbons (Fsp3) is 0.542. The van der Waals surface area contributed by atoms with E-state index < -0.39 is 0 Å². The number of nitrogen functional groups attached to an aromatic ring is 1. The van der Waals surface area contributed by atoms with Crippen molar-refractivity contribution in [1.29, 1.82) is 0 Å². The third kappa shape index (κ3) is 4.66. The quantitative estimate of drug-likeness (QED) is 0.736. The van der Waals surface area contributed by atoms with E-state index in [0.717, 1.165) is 17.9 Å².